The highest BCUT2D eigenvalue weighted by atomic mass is 16.7. The Hall–Kier alpha value is -1.72. The lowest BCUT2D eigenvalue weighted by molar-refractivity contribution is -0.235. The van der Waals surface area contributed by atoms with Crippen LogP contribution in [0.15, 0.2) is 24.3 Å². The summed E-state index contributed by atoms with van der Waals surface area (Å²) in [5, 5.41) is 0. The second-order valence-corrected chi connectivity index (χ2v) is 13.7. The average Bonchev–Trinajstić information content (AvgIpc) is 2.95. The molecule has 0 bridgehead atoms. The molecule has 41 heavy (non-hydrogen) atoms. The van der Waals surface area contributed by atoms with E-state index in [9.17, 15) is 0 Å². The predicted molar refractivity (Wildman–Crippen MR) is 167 cm³/mol. The SMILES string of the molecule is Cc1c(CC2CCC(CC3OCC(C)C(C)O3)CC2)ccc(-c2ccc(CC3OCC(C)C(C)O3)c(C)c2C)c1C. The van der Waals surface area contributed by atoms with Crippen molar-refractivity contribution < 1.29 is 18.9 Å². The van der Waals surface area contributed by atoms with Gasteiger partial charge in [-0.25, -0.2) is 0 Å². The zero-order valence-electron chi connectivity index (χ0n) is 26.9. The maximum absolute atomic E-state index is 6.14. The third-order valence-electron chi connectivity index (χ3n) is 10.9. The summed E-state index contributed by atoms with van der Waals surface area (Å²) in [4.78, 5) is 0. The third kappa shape index (κ3) is 7.09. The summed E-state index contributed by atoms with van der Waals surface area (Å²) in [6, 6.07) is 9.39. The van der Waals surface area contributed by atoms with Gasteiger partial charge in [-0.3, -0.25) is 0 Å². The molecule has 1 saturated carbocycles. The fraction of sp³-hybridized carbons (Fsp3) is 0.676. The van der Waals surface area contributed by atoms with E-state index < -0.39 is 0 Å². The summed E-state index contributed by atoms with van der Waals surface area (Å²) in [7, 11) is 0. The largest absolute Gasteiger partial charge is 0.352 e. The number of hydrogen-bond acceptors (Lipinski definition) is 4. The van der Waals surface area contributed by atoms with Gasteiger partial charge in [0.15, 0.2) is 12.6 Å². The van der Waals surface area contributed by atoms with Gasteiger partial charge in [0, 0.05) is 24.7 Å². The van der Waals surface area contributed by atoms with Crippen LogP contribution in [0.4, 0.5) is 0 Å². The van der Waals surface area contributed by atoms with Crippen LogP contribution in [-0.2, 0) is 31.8 Å². The van der Waals surface area contributed by atoms with Gasteiger partial charge in [0.05, 0.1) is 25.4 Å². The van der Waals surface area contributed by atoms with E-state index >= 15 is 0 Å². The van der Waals surface area contributed by atoms with Crippen molar-refractivity contribution in [1.82, 2.24) is 0 Å². The second kappa shape index (κ2) is 13.3. The first-order chi connectivity index (χ1) is 19.6. The smallest absolute Gasteiger partial charge is 0.161 e. The normalized spacial score (nSPS) is 32.7. The minimum absolute atomic E-state index is 0.00258. The van der Waals surface area contributed by atoms with E-state index in [1.165, 1.54) is 76.6 Å². The molecule has 6 unspecified atom stereocenters. The highest BCUT2D eigenvalue weighted by molar-refractivity contribution is 5.73. The van der Waals surface area contributed by atoms with Gasteiger partial charge in [0.2, 0.25) is 0 Å². The van der Waals surface area contributed by atoms with Gasteiger partial charge < -0.3 is 18.9 Å². The molecule has 0 radical (unpaired) electrons. The van der Waals surface area contributed by atoms with E-state index in [0.29, 0.717) is 17.9 Å². The Balaban J connectivity index is 1.20. The lowest BCUT2D eigenvalue weighted by Gasteiger charge is -2.36. The monoisotopic (exact) mass is 562 g/mol. The molecule has 0 amide bonds. The van der Waals surface area contributed by atoms with Crippen molar-refractivity contribution >= 4 is 0 Å². The van der Waals surface area contributed by atoms with Crippen molar-refractivity contribution in [3.05, 3.63) is 57.6 Å². The predicted octanol–water partition coefficient (Wildman–Crippen LogP) is 8.66. The van der Waals surface area contributed by atoms with Crippen LogP contribution in [0.25, 0.3) is 11.1 Å². The van der Waals surface area contributed by atoms with Gasteiger partial charge in [-0.05, 0) is 130 Å². The molecule has 226 valence electrons. The molecule has 2 aromatic rings. The van der Waals surface area contributed by atoms with Gasteiger partial charge in [-0.1, -0.05) is 38.1 Å². The highest BCUT2D eigenvalue weighted by Gasteiger charge is 2.30. The molecule has 2 heterocycles. The van der Waals surface area contributed by atoms with Crippen molar-refractivity contribution in [3.63, 3.8) is 0 Å². The molecule has 3 fully saturated rings. The second-order valence-electron chi connectivity index (χ2n) is 13.7. The Labute approximate surface area is 249 Å². The van der Waals surface area contributed by atoms with Crippen LogP contribution in [0.2, 0.25) is 0 Å². The molecule has 4 heteroatoms. The molecule has 2 saturated heterocycles. The van der Waals surface area contributed by atoms with Crippen LogP contribution in [-0.4, -0.2) is 38.0 Å². The van der Waals surface area contributed by atoms with Crippen LogP contribution in [0.5, 0.6) is 0 Å². The van der Waals surface area contributed by atoms with Crippen LogP contribution in [0, 0.1) is 51.4 Å². The Morgan fingerprint density at radius 1 is 0.561 bits per heavy atom. The van der Waals surface area contributed by atoms with E-state index in [2.05, 4.69) is 79.7 Å². The molecule has 2 aliphatic heterocycles. The maximum Gasteiger partial charge on any atom is 0.161 e. The fourth-order valence-corrected chi connectivity index (χ4v) is 7.06. The van der Waals surface area contributed by atoms with Gasteiger partial charge in [-0.2, -0.15) is 0 Å². The average molecular weight is 563 g/mol. The summed E-state index contributed by atoms with van der Waals surface area (Å²) < 4.78 is 24.3. The molecule has 4 nitrogen and oxygen atoms in total. The summed E-state index contributed by atoms with van der Waals surface area (Å²) in [6.45, 7) is 19.5. The van der Waals surface area contributed by atoms with E-state index in [0.717, 1.165) is 37.9 Å². The first kappa shape index (κ1) is 30.7. The van der Waals surface area contributed by atoms with Crippen molar-refractivity contribution in [2.75, 3.05) is 13.2 Å². The molecule has 2 aromatic carbocycles. The molecule has 0 N–H and O–H groups in total. The van der Waals surface area contributed by atoms with Gasteiger partial charge in [0.25, 0.3) is 0 Å². The topological polar surface area (TPSA) is 36.9 Å². The molecule has 3 aliphatic rings. The molecular weight excluding hydrogens is 508 g/mol. The molecule has 6 atom stereocenters. The molecule has 0 aromatic heterocycles. The number of hydrogen-bond donors (Lipinski definition) is 0. The first-order valence-corrected chi connectivity index (χ1v) is 16.3. The Bertz CT molecular complexity index is 1180. The zero-order valence-corrected chi connectivity index (χ0v) is 26.9. The van der Waals surface area contributed by atoms with Gasteiger partial charge >= 0.3 is 0 Å². The van der Waals surface area contributed by atoms with Gasteiger partial charge in [-0.15, -0.1) is 0 Å². The summed E-state index contributed by atoms with van der Waals surface area (Å²) in [5.41, 5.74) is 11.2. The van der Waals surface area contributed by atoms with Gasteiger partial charge in [0.1, 0.15) is 0 Å². The number of ether oxygens (including phenoxy) is 4. The Morgan fingerprint density at radius 2 is 1.02 bits per heavy atom. The summed E-state index contributed by atoms with van der Waals surface area (Å²) >= 11 is 0. The number of rotatable bonds is 7. The van der Waals surface area contributed by atoms with Crippen molar-refractivity contribution in [2.24, 2.45) is 23.7 Å². The quantitative estimate of drug-likeness (QED) is 0.338. The summed E-state index contributed by atoms with van der Waals surface area (Å²) in [6.07, 6.45) is 8.70. The van der Waals surface area contributed by atoms with Crippen LogP contribution < -0.4 is 0 Å². The van der Waals surface area contributed by atoms with E-state index in [1.54, 1.807) is 0 Å². The minimum Gasteiger partial charge on any atom is -0.352 e. The summed E-state index contributed by atoms with van der Waals surface area (Å²) in [5.74, 6) is 2.46. The van der Waals surface area contributed by atoms with Crippen LogP contribution in [0.1, 0.15) is 93.2 Å². The minimum atomic E-state index is -0.148. The fourth-order valence-electron chi connectivity index (χ4n) is 7.06. The molecular formula is C37H54O4. The molecule has 5 rings (SSSR count). The van der Waals surface area contributed by atoms with E-state index in [-0.39, 0.29) is 18.7 Å². The zero-order chi connectivity index (χ0) is 29.3. The Kier molecular flexibility index (Phi) is 9.96. The standard InChI is InChI=1S/C37H54O4/c1-22-20-38-36(40-28(22)7)18-31-11-9-30(10-12-31)17-32-13-15-34(26(5)24(32)3)35-16-14-33(25(4)27(35)6)19-37-39-21-23(2)29(8)41-37/h13-16,22-23,28-31,36-37H,9-12,17-21H2,1-8H3. The number of benzene rings is 2. The lowest BCUT2D eigenvalue weighted by Crippen LogP contribution is -2.38. The van der Waals surface area contributed by atoms with Crippen molar-refractivity contribution in [3.8, 4) is 11.1 Å². The van der Waals surface area contributed by atoms with Crippen molar-refractivity contribution in [1.29, 1.82) is 0 Å². The Morgan fingerprint density at radius 3 is 1.56 bits per heavy atom. The van der Waals surface area contributed by atoms with Crippen molar-refractivity contribution in [2.45, 2.75) is 125 Å². The van der Waals surface area contributed by atoms with E-state index in [1.807, 2.05) is 0 Å². The highest BCUT2D eigenvalue weighted by Crippen LogP contribution is 2.38. The molecule has 0 spiro atoms. The van der Waals surface area contributed by atoms with Crippen LogP contribution >= 0.6 is 0 Å². The maximum atomic E-state index is 6.14. The van der Waals surface area contributed by atoms with Crippen LogP contribution in [0.3, 0.4) is 0 Å². The molecule has 1 aliphatic carbocycles. The third-order valence-corrected chi connectivity index (χ3v) is 10.9. The first-order valence-electron chi connectivity index (χ1n) is 16.3. The lowest BCUT2D eigenvalue weighted by atomic mass is 9.77. The van der Waals surface area contributed by atoms with E-state index in [4.69, 9.17) is 18.9 Å².